The Labute approximate surface area is 185 Å². The molecule has 2 aromatic rings. The molecule has 1 aliphatic heterocycles. The van der Waals surface area contributed by atoms with Gasteiger partial charge >= 0.3 is 0 Å². The van der Waals surface area contributed by atoms with Crippen LogP contribution in [0.5, 0.6) is 11.5 Å². The maximum atomic E-state index is 12.1. The lowest BCUT2D eigenvalue weighted by Gasteiger charge is -2.29. The van der Waals surface area contributed by atoms with Gasteiger partial charge in [0.15, 0.2) is 11.5 Å². The first kappa shape index (κ1) is 21.7. The molecule has 5 nitrogen and oxygen atoms in total. The van der Waals surface area contributed by atoms with Gasteiger partial charge in [-0.1, -0.05) is 50.2 Å². The van der Waals surface area contributed by atoms with E-state index in [1.807, 2.05) is 12.1 Å². The first-order valence-electron chi connectivity index (χ1n) is 11.2. The zero-order valence-electron chi connectivity index (χ0n) is 18.8. The van der Waals surface area contributed by atoms with Gasteiger partial charge in [0, 0.05) is 24.4 Å². The maximum absolute atomic E-state index is 12.1. The molecule has 4 rings (SSSR count). The van der Waals surface area contributed by atoms with Crippen LogP contribution >= 0.6 is 0 Å². The van der Waals surface area contributed by atoms with Crippen LogP contribution < -0.4 is 9.47 Å². The van der Waals surface area contributed by atoms with Crippen molar-refractivity contribution >= 4 is 5.91 Å². The van der Waals surface area contributed by atoms with Crippen LogP contribution in [-0.2, 0) is 10.2 Å². The molecule has 1 amide bonds. The summed E-state index contributed by atoms with van der Waals surface area (Å²) in [4.78, 5) is 13.9. The molecule has 5 heteroatoms. The molecule has 1 aliphatic carbocycles. The molecule has 1 saturated carbocycles. The molecule has 1 saturated heterocycles. The van der Waals surface area contributed by atoms with Gasteiger partial charge in [-0.3, -0.25) is 4.79 Å². The van der Waals surface area contributed by atoms with Crippen LogP contribution in [0.2, 0.25) is 0 Å². The summed E-state index contributed by atoms with van der Waals surface area (Å²) < 4.78 is 11.9. The normalized spacial score (nSPS) is 24.1. The molecule has 2 unspecified atom stereocenters. The second kappa shape index (κ2) is 8.54. The van der Waals surface area contributed by atoms with Gasteiger partial charge in [-0.25, -0.2) is 0 Å². The number of nitrogens with zero attached hydrogens (tertiary/aromatic N) is 1. The highest BCUT2D eigenvalue weighted by atomic mass is 16.5. The van der Waals surface area contributed by atoms with Crippen LogP contribution in [0.3, 0.4) is 0 Å². The van der Waals surface area contributed by atoms with Gasteiger partial charge in [-0.05, 0) is 47.9 Å². The minimum Gasteiger partial charge on any atom is -0.493 e. The van der Waals surface area contributed by atoms with Gasteiger partial charge in [-0.15, -0.1) is 0 Å². The minimum absolute atomic E-state index is 0.0432. The minimum atomic E-state index is -0.439. The Morgan fingerprint density at radius 1 is 1.16 bits per heavy atom. The molecule has 2 atom stereocenters. The van der Waals surface area contributed by atoms with Crippen LogP contribution in [0.1, 0.15) is 50.2 Å². The fourth-order valence-electron chi connectivity index (χ4n) is 4.91. The molecule has 0 spiro atoms. The fourth-order valence-corrected chi connectivity index (χ4v) is 4.91. The van der Waals surface area contributed by atoms with E-state index in [-0.39, 0.29) is 22.7 Å². The molecule has 0 aromatic heterocycles. The molecule has 1 N–H and O–H groups in total. The summed E-state index contributed by atoms with van der Waals surface area (Å²) in [6.07, 6.45) is 3.22. The lowest BCUT2D eigenvalue weighted by Crippen LogP contribution is -2.32. The van der Waals surface area contributed by atoms with E-state index in [1.165, 1.54) is 5.56 Å². The number of carbonyl (C=O) groups is 1. The van der Waals surface area contributed by atoms with Crippen molar-refractivity contribution in [1.29, 1.82) is 0 Å². The molecule has 2 aliphatic rings. The number of rotatable bonds is 8. The number of aliphatic hydroxyl groups excluding tert-OH is 1. The topological polar surface area (TPSA) is 59.0 Å². The molecule has 31 heavy (non-hydrogen) atoms. The quantitative estimate of drug-likeness (QED) is 0.693. The molecule has 1 heterocycles. The van der Waals surface area contributed by atoms with Crippen molar-refractivity contribution in [3.63, 3.8) is 0 Å². The van der Waals surface area contributed by atoms with Gasteiger partial charge in [0.2, 0.25) is 5.91 Å². The predicted molar refractivity (Wildman–Crippen MR) is 121 cm³/mol. The van der Waals surface area contributed by atoms with Crippen LogP contribution in [0.4, 0.5) is 0 Å². The first-order chi connectivity index (χ1) is 14.9. The largest absolute Gasteiger partial charge is 0.493 e. The molecule has 166 valence electrons. The van der Waals surface area contributed by atoms with Gasteiger partial charge < -0.3 is 19.5 Å². The summed E-state index contributed by atoms with van der Waals surface area (Å²) >= 11 is 0. The number of ether oxygens (including phenoxy) is 2. The van der Waals surface area contributed by atoms with Crippen LogP contribution in [0.15, 0.2) is 48.5 Å². The highest BCUT2D eigenvalue weighted by Gasteiger charge is 2.46. The standard InChI is InChI=1S/C26H33NO4/c1-4-25(2)17-27(24(29)16-28)15-21(25)19-10-11-22(30-3)23(14-19)31-18-26(12-13-26)20-8-6-5-7-9-20/h5-11,14,21,28H,4,12-13,15-18H2,1-3H3. The van der Waals surface area contributed by atoms with Crippen molar-refractivity contribution in [1.82, 2.24) is 4.90 Å². The molecule has 0 radical (unpaired) electrons. The van der Waals surface area contributed by atoms with Crippen molar-refractivity contribution in [2.24, 2.45) is 5.41 Å². The zero-order valence-corrected chi connectivity index (χ0v) is 18.8. The average molecular weight is 424 g/mol. The molecule has 2 aromatic carbocycles. The van der Waals surface area contributed by atoms with Crippen LogP contribution in [-0.4, -0.2) is 49.3 Å². The number of hydrogen-bond acceptors (Lipinski definition) is 4. The molecule has 2 fully saturated rings. The number of aliphatic hydroxyl groups is 1. The summed E-state index contributed by atoms with van der Waals surface area (Å²) in [5.74, 6) is 1.47. The molecule has 0 bridgehead atoms. The van der Waals surface area contributed by atoms with E-state index in [9.17, 15) is 9.90 Å². The summed E-state index contributed by atoms with van der Waals surface area (Å²) in [5, 5.41) is 9.33. The smallest absolute Gasteiger partial charge is 0.248 e. The number of methoxy groups -OCH3 is 1. The van der Waals surface area contributed by atoms with E-state index in [2.05, 4.69) is 50.2 Å². The maximum Gasteiger partial charge on any atom is 0.248 e. The number of amides is 1. The van der Waals surface area contributed by atoms with Gasteiger partial charge in [0.25, 0.3) is 0 Å². The Morgan fingerprint density at radius 3 is 2.52 bits per heavy atom. The number of likely N-dealkylation sites (tertiary alicyclic amines) is 1. The van der Waals surface area contributed by atoms with Crippen LogP contribution in [0.25, 0.3) is 0 Å². The highest BCUT2D eigenvalue weighted by Crippen LogP contribution is 2.50. The van der Waals surface area contributed by atoms with E-state index >= 15 is 0 Å². The zero-order chi connectivity index (χ0) is 22.1. The SMILES string of the molecule is CCC1(C)CN(C(=O)CO)CC1c1ccc(OC)c(OCC2(c3ccccc3)CC2)c1. The van der Waals surface area contributed by atoms with Gasteiger partial charge in [0.05, 0.1) is 13.7 Å². The third kappa shape index (κ3) is 4.16. The third-order valence-electron chi connectivity index (χ3n) is 7.43. The average Bonchev–Trinajstić information content (AvgIpc) is 3.53. The van der Waals surface area contributed by atoms with Crippen molar-refractivity contribution in [2.75, 3.05) is 33.4 Å². The lowest BCUT2D eigenvalue weighted by atomic mass is 9.74. The molecular formula is C26H33NO4. The summed E-state index contributed by atoms with van der Waals surface area (Å²) in [6.45, 7) is 5.85. The second-order valence-corrected chi connectivity index (χ2v) is 9.34. The van der Waals surface area contributed by atoms with Crippen molar-refractivity contribution in [3.8, 4) is 11.5 Å². The van der Waals surface area contributed by atoms with Crippen molar-refractivity contribution in [3.05, 3.63) is 59.7 Å². The summed E-state index contributed by atoms with van der Waals surface area (Å²) in [5.41, 5.74) is 2.53. The van der Waals surface area contributed by atoms with Gasteiger partial charge in [0.1, 0.15) is 6.61 Å². The van der Waals surface area contributed by atoms with E-state index in [1.54, 1.807) is 12.0 Å². The van der Waals surface area contributed by atoms with Crippen molar-refractivity contribution in [2.45, 2.75) is 44.4 Å². The lowest BCUT2D eigenvalue weighted by molar-refractivity contribution is -0.133. The third-order valence-corrected chi connectivity index (χ3v) is 7.43. The number of carbonyl (C=O) groups excluding carboxylic acids is 1. The van der Waals surface area contributed by atoms with E-state index in [0.29, 0.717) is 19.7 Å². The summed E-state index contributed by atoms with van der Waals surface area (Å²) in [6, 6.07) is 16.7. The van der Waals surface area contributed by atoms with Crippen LogP contribution in [0, 0.1) is 5.41 Å². The molecular weight excluding hydrogens is 390 g/mol. The van der Waals surface area contributed by atoms with Gasteiger partial charge in [-0.2, -0.15) is 0 Å². The fraction of sp³-hybridized carbons (Fsp3) is 0.500. The Balaban J connectivity index is 1.57. The van der Waals surface area contributed by atoms with E-state index in [4.69, 9.17) is 9.47 Å². The Hall–Kier alpha value is -2.53. The van der Waals surface area contributed by atoms with Crippen molar-refractivity contribution < 1.29 is 19.4 Å². The highest BCUT2D eigenvalue weighted by molar-refractivity contribution is 5.77. The summed E-state index contributed by atoms with van der Waals surface area (Å²) in [7, 11) is 1.67. The van der Waals surface area contributed by atoms with E-state index < -0.39 is 6.61 Å². The predicted octanol–water partition coefficient (Wildman–Crippen LogP) is 4.14. The monoisotopic (exact) mass is 423 g/mol. The number of hydrogen-bond donors (Lipinski definition) is 1. The second-order valence-electron chi connectivity index (χ2n) is 9.34. The number of benzene rings is 2. The Morgan fingerprint density at radius 2 is 1.90 bits per heavy atom. The van der Waals surface area contributed by atoms with E-state index in [0.717, 1.165) is 36.3 Å². The Kier molecular flexibility index (Phi) is 5.98. The first-order valence-corrected chi connectivity index (χ1v) is 11.2. The Bertz CT molecular complexity index is 924.